The molecule has 0 amide bonds. The molecule has 0 fully saturated rings. The number of hydrogen-bond donors (Lipinski definition) is 0. The minimum absolute atomic E-state index is 0.131. The van der Waals surface area contributed by atoms with Crippen LogP contribution < -0.4 is 11.1 Å². The van der Waals surface area contributed by atoms with E-state index in [1.807, 2.05) is 17.5 Å². The van der Waals surface area contributed by atoms with Gasteiger partial charge in [-0.15, -0.1) is 11.3 Å². The van der Waals surface area contributed by atoms with Crippen LogP contribution in [0.3, 0.4) is 0 Å². The van der Waals surface area contributed by atoms with E-state index in [9.17, 15) is 9.59 Å². The summed E-state index contributed by atoms with van der Waals surface area (Å²) in [6, 6.07) is 12.0. The van der Waals surface area contributed by atoms with Crippen LogP contribution in [0, 0.1) is 0 Å². The molecule has 5 aromatic rings. The lowest BCUT2D eigenvalue weighted by molar-refractivity contribution is 0.727. The zero-order valence-corrected chi connectivity index (χ0v) is 17.6. The second-order valence-electron chi connectivity index (χ2n) is 6.68. The molecule has 0 saturated carbocycles. The minimum Gasteiger partial charge on any atom is -0.293 e. The molecule has 0 radical (unpaired) electrons. The van der Waals surface area contributed by atoms with Crippen LogP contribution in [-0.4, -0.2) is 18.9 Å². The number of pyridine rings is 1. The summed E-state index contributed by atoms with van der Waals surface area (Å²) in [6.45, 7) is 0.131. The van der Waals surface area contributed by atoms with Crippen molar-refractivity contribution in [2.45, 2.75) is 6.54 Å². The summed E-state index contributed by atoms with van der Waals surface area (Å²) in [6.07, 6.45) is 3.00. The fourth-order valence-corrected chi connectivity index (χ4v) is 4.50. The van der Waals surface area contributed by atoms with Gasteiger partial charge in [-0.25, -0.2) is 9.97 Å². The van der Waals surface area contributed by atoms with Crippen LogP contribution in [0.15, 0.2) is 70.0 Å². The second-order valence-corrected chi connectivity index (χ2v) is 8.41. The molecule has 0 atom stereocenters. The van der Waals surface area contributed by atoms with Gasteiger partial charge in [-0.3, -0.25) is 18.6 Å². The second kappa shape index (κ2) is 7.36. The first-order chi connectivity index (χ1) is 14.5. The molecule has 0 spiro atoms. The first-order valence-electron chi connectivity index (χ1n) is 8.90. The first-order valence-corrected chi connectivity index (χ1v) is 10.5. The summed E-state index contributed by atoms with van der Waals surface area (Å²) in [4.78, 5) is 35.2. The van der Waals surface area contributed by atoms with Crippen LogP contribution >= 0.6 is 34.5 Å². The number of halogens is 2. The molecule has 0 aliphatic carbocycles. The summed E-state index contributed by atoms with van der Waals surface area (Å²) in [7, 11) is 0. The third-order valence-corrected chi connectivity index (χ3v) is 6.09. The number of aromatic nitrogens is 4. The maximum Gasteiger partial charge on any atom is 0.263 e. The van der Waals surface area contributed by atoms with E-state index in [0.29, 0.717) is 31.6 Å². The zero-order valence-electron chi connectivity index (χ0n) is 15.3. The Balaban J connectivity index is 1.61. The van der Waals surface area contributed by atoms with E-state index >= 15 is 0 Å². The third-order valence-electron chi connectivity index (χ3n) is 4.72. The molecule has 5 rings (SSSR count). The lowest BCUT2D eigenvalue weighted by atomic mass is 10.1. The maximum atomic E-state index is 13.2. The molecule has 148 valence electrons. The van der Waals surface area contributed by atoms with Crippen molar-refractivity contribution in [2.24, 2.45) is 0 Å². The molecular weight excluding hydrogens is 443 g/mol. The van der Waals surface area contributed by atoms with Gasteiger partial charge in [-0.1, -0.05) is 35.3 Å². The Labute approximate surface area is 183 Å². The van der Waals surface area contributed by atoms with E-state index in [1.54, 1.807) is 24.3 Å². The minimum atomic E-state index is -0.267. The average Bonchev–Trinajstić information content (AvgIpc) is 3.16. The van der Waals surface area contributed by atoms with E-state index in [0.717, 1.165) is 11.1 Å². The van der Waals surface area contributed by atoms with Gasteiger partial charge < -0.3 is 0 Å². The Morgan fingerprint density at radius 1 is 1.00 bits per heavy atom. The molecule has 30 heavy (non-hydrogen) atoms. The zero-order chi connectivity index (χ0) is 20.8. The Morgan fingerprint density at radius 3 is 2.57 bits per heavy atom. The van der Waals surface area contributed by atoms with E-state index in [1.165, 1.54) is 38.9 Å². The smallest absolute Gasteiger partial charge is 0.263 e. The lowest BCUT2D eigenvalue weighted by Gasteiger charge is -2.08. The van der Waals surface area contributed by atoms with Crippen LogP contribution in [0.2, 0.25) is 10.0 Å². The molecule has 0 N–H and O–H groups in total. The maximum absolute atomic E-state index is 13.2. The van der Waals surface area contributed by atoms with Gasteiger partial charge in [0.15, 0.2) is 0 Å². The molecule has 0 bridgehead atoms. The summed E-state index contributed by atoms with van der Waals surface area (Å²) >= 11 is 13.3. The predicted molar refractivity (Wildman–Crippen MR) is 120 cm³/mol. The molecule has 9 heteroatoms. The molecule has 1 aromatic carbocycles. The highest BCUT2D eigenvalue weighted by molar-refractivity contribution is 7.17. The largest absolute Gasteiger partial charge is 0.293 e. The Hall–Kier alpha value is -3.00. The van der Waals surface area contributed by atoms with Crippen molar-refractivity contribution in [3.8, 4) is 11.1 Å². The highest BCUT2D eigenvalue weighted by Crippen LogP contribution is 2.31. The fourth-order valence-electron chi connectivity index (χ4n) is 3.30. The Kier molecular flexibility index (Phi) is 4.66. The SMILES string of the molecule is O=c1c2c(-c3ccc(Cl)cc3)csc2ncn1Cc1cc(=O)n2cc(Cl)ccc2n1. The molecule has 0 saturated heterocycles. The average molecular weight is 455 g/mol. The normalized spacial score (nSPS) is 11.4. The molecular formula is C21H12Cl2N4O2S. The summed E-state index contributed by atoms with van der Waals surface area (Å²) in [5.41, 5.74) is 2.16. The molecule has 6 nitrogen and oxygen atoms in total. The van der Waals surface area contributed by atoms with Crippen molar-refractivity contribution >= 4 is 50.4 Å². The number of benzene rings is 1. The third kappa shape index (κ3) is 3.31. The van der Waals surface area contributed by atoms with Crippen molar-refractivity contribution in [1.82, 2.24) is 18.9 Å². The van der Waals surface area contributed by atoms with Gasteiger partial charge in [0.05, 0.1) is 29.0 Å². The molecule has 0 aliphatic rings. The van der Waals surface area contributed by atoms with Gasteiger partial charge in [0.1, 0.15) is 10.5 Å². The van der Waals surface area contributed by atoms with Gasteiger partial charge in [0.2, 0.25) is 0 Å². The van der Waals surface area contributed by atoms with Crippen molar-refractivity contribution in [3.05, 3.63) is 96.8 Å². The lowest BCUT2D eigenvalue weighted by Crippen LogP contribution is -2.23. The van der Waals surface area contributed by atoms with Crippen LogP contribution in [0.4, 0.5) is 0 Å². The van der Waals surface area contributed by atoms with Crippen molar-refractivity contribution in [2.75, 3.05) is 0 Å². The van der Waals surface area contributed by atoms with Crippen LogP contribution in [0.25, 0.3) is 27.0 Å². The molecule has 4 heterocycles. The Bertz CT molecular complexity index is 1540. The number of nitrogens with zero attached hydrogens (tertiary/aromatic N) is 4. The van der Waals surface area contributed by atoms with E-state index < -0.39 is 0 Å². The van der Waals surface area contributed by atoms with Gasteiger partial charge >= 0.3 is 0 Å². The van der Waals surface area contributed by atoms with Crippen LogP contribution in [0.1, 0.15) is 5.69 Å². The highest BCUT2D eigenvalue weighted by Gasteiger charge is 2.14. The van der Waals surface area contributed by atoms with Crippen molar-refractivity contribution < 1.29 is 0 Å². The predicted octanol–water partition coefficient (Wildman–Crippen LogP) is 4.49. The van der Waals surface area contributed by atoms with E-state index in [2.05, 4.69) is 9.97 Å². The van der Waals surface area contributed by atoms with Gasteiger partial charge in [0.25, 0.3) is 11.1 Å². The summed E-state index contributed by atoms with van der Waals surface area (Å²) in [5.74, 6) is 0. The van der Waals surface area contributed by atoms with Crippen molar-refractivity contribution in [3.63, 3.8) is 0 Å². The summed E-state index contributed by atoms with van der Waals surface area (Å²) in [5, 5.41) is 3.52. The van der Waals surface area contributed by atoms with Crippen molar-refractivity contribution in [1.29, 1.82) is 0 Å². The molecule has 4 aromatic heterocycles. The van der Waals surface area contributed by atoms with Crippen LogP contribution in [-0.2, 0) is 6.54 Å². The first kappa shape index (κ1) is 19.0. The fraction of sp³-hybridized carbons (Fsp3) is 0.0476. The number of hydrogen-bond acceptors (Lipinski definition) is 5. The Morgan fingerprint density at radius 2 is 1.77 bits per heavy atom. The topological polar surface area (TPSA) is 69.3 Å². The molecule has 0 aliphatic heterocycles. The van der Waals surface area contributed by atoms with E-state index in [-0.39, 0.29) is 17.7 Å². The van der Waals surface area contributed by atoms with Gasteiger partial charge in [-0.05, 0) is 29.8 Å². The summed E-state index contributed by atoms with van der Waals surface area (Å²) < 4.78 is 2.83. The van der Waals surface area contributed by atoms with E-state index in [4.69, 9.17) is 23.2 Å². The quantitative estimate of drug-likeness (QED) is 0.402. The highest BCUT2D eigenvalue weighted by atomic mass is 35.5. The monoisotopic (exact) mass is 454 g/mol. The van der Waals surface area contributed by atoms with Gasteiger partial charge in [-0.2, -0.15) is 0 Å². The number of thiophene rings is 1. The van der Waals surface area contributed by atoms with Crippen LogP contribution in [0.5, 0.6) is 0 Å². The van der Waals surface area contributed by atoms with Gasteiger partial charge in [0, 0.05) is 28.2 Å². The molecule has 0 unspecified atom stereocenters. The number of rotatable bonds is 3. The standard InChI is InChI=1S/C21H12Cl2N4O2S/c22-13-3-1-12(2-4-13)16-10-30-20-19(16)21(29)26(11-24-20)9-15-7-18(28)27-8-14(23)5-6-17(27)25-15/h1-8,10-11H,9H2. The number of fused-ring (bicyclic) bond motifs is 2.